The van der Waals surface area contributed by atoms with Gasteiger partial charge in [-0.25, -0.2) is 0 Å². The van der Waals surface area contributed by atoms with Gasteiger partial charge in [0.05, 0.1) is 0 Å². The van der Waals surface area contributed by atoms with Crippen LogP contribution in [0.15, 0.2) is 36.0 Å². The van der Waals surface area contributed by atoms with Crippen LogP contribution in [0.5, 0.6) is 0 Å². The Balaban J connectivity index is 2.38. The van der Waals surface area contributed by atoms with Gasteiger partial charge in [-0.1, -0.05) is 18.2 Å². The molecule has 19 heavy (non-hydrogen) atoms. The first-order chi connectivity index (χ1) is 9.11. The summed E-state index contributed by atoms with van der Waals surface area (Å²) in [7, 11) is 0. The highest BCUT2D eigenvalue weighted by molar-refractivity contribution is 6.04. The number of nitrogens with one attached hydrogen (secondary N) is 2. The third-order valence-electron chi connectivity index (χ3n) is 2.71. The summed E-state index contributed by atoms with van der Waals surface area (Å²) in [6, 6.07) is 9.71. The minimum absolute atomic E-state index is 0.00668. The minimum atomic E-state index is -0.345. The second kappa shape index (κ2) is 5.40. The highest BCUT2D eigenvalue weighted by Crippen LogP contribution is 2.20. The molecule has 0 aliphatic heterocycles. The summed E-state index contributed by atoms with van der Waals surface area (Å²) < 4.78 is 0. The zero-order valence-electron chi connectivity index (χ0n) is 10.9. The summed E-state index contributed by atoms with van der Waals surface area (Å²) in [5.74, 6) is -0.345. The van der Waals surface area contributed by atoms with Gasteiger partial charge < -0.3 is 10.3 Å². The fourth-order valence-corrected chi connectivity index (χ4v) is 1.86. The van der Waals surface area contributed by atoms with E-state index in [2.05, 4.69) is 10.3 Å². The van der Waals surface area contributed by atoms with Crippen molar-refractivity contribution < 1.29 is 4.79 Å². The monoisotopic (exact) mass is 253 g/mol. The summed E-state index contributed by atoms with van der Waals surface area (Å²) in [5.41, 5.74) is 1.93. The van der Waals surface area contributed by atoms with E-state index in [0.29, 0.717) is 0 Å². The van der Waals surface area contributed by atoms with Crippen LogP contribution in [-0.4, -0.2) is 16.9 Å². The Bertz CT molecular complexity index is 674. The number of hydrogen-bond donors (Lipinski definition) is 2. The van der Waals surface area contributed by atoms with Crippen LogP contribution >= 0.6 is 0 Å². The van der Waals surface area contributed by atoms with Crippen molar-refractivity contribution in [1.82, 2.24) is 10.3 Å². The third kappa shape index (κ3) is 2.83. The maximum atomic E-state index is 11.8. The van der Waals surface area contributed by atoms with Crippen LogP contribution < -0.4 is 5.32 Å². The Labute approximate surface area is 111 Å². The maximum Gasteiger partial charge on any atom is 0.262 e. The zero-order valence-corrected chi connectivity index (χ0v) is 10.9. The van der Waals surface area contributed by atoms with Gasteiger partial charge in [-0.05, 0) is 26.0 Å². The lowest BCUT2D eigenvalue weighted by Gasteiger charge is -2.06. The quantitative estimate of drug-likeness (QED) is 0.652. The second-order valence-corrected chi connectivity index (χ2v) is 4.59. The Morgan fingerprint density at radius 2 is 2.16 bits per heavy atom. The minimum Gasteiger partial charge on any atom is -0.361 e. The number of amides is 1. The summed E-state index contributed by atoms with van der Waals surface area (Å²) in [6.07, 6.45) is 3.40. The molecule has 0 radical (unpaired) electrons. The van der Waals surface area contributed by atoms with E-state index in [9.17, 15) is 4.79 Å². The molecule has 0 spiro atoms. The summed E-state index contributed by atoms with van der Waals surface area (Å²) in [5, 5.41) is 12.8. The number of carbonyl (C=O) groups is 1. The second-order valence-electron chi connectivity index (χ2n) is 4.59. The van der Waals surface area contributed by atoms with Crippen molar-refractivity contribution >= 4 is 22.9 Å². The van der Waals surface area contributed by atoms with E-state index in [1.54, 1.807) is 12.3 Å². The normalized spacial score (nSPS) is 11.6. The zero-order chi connectivity index (χ0) is 13.8. The average molecular weight is 253 g/mol. The van der Waals surface area contributed by atoms with Gasteiger partial charge >= 0.3 is 0 Å². The number of rotatable bonds is 3. The van der Waals surface area contributed by atoms with Crippen LogP contribution in [0, 0.1) is 11.3 Å². The topological polar surface area (TPSA) is 68.7 Å². The first-order valence-electron chi connectivity index (χ1n) is 6.10. The molecule has 0 saturated carbocycles. The van der Waals surface area contributed by atoms with Crippen molar-refractivity contribution in [2.24, 2.45) is 0 Å². The van der Waals surface area contributed by atoms with Crippen molar-refractivity contribution in [3.63, 3.8) is 0 Å². The van der Waals surface area contributed by atoms with E-state index < -0.39 is 0 Å². The van der Waals surface area contributed by atoms with E-state index >= 15 is 0 Å². The van der Waals surface area contributed by atoms with Gasteiger partial charge in [0.25, 0.3) is 5.91 Å². The van der Waals surface area contributed by atoms with E-state index in [0.717, 1.165) is 16.5 Å². The lowest BCUT2D eigenvalue weighted by Crippen LogP contribution is -2.30. The number of carbonyl (C=O) groups excluding carboxylic acids is 1. The Morgan fingerprint density at radius 3 is 2.84 bits per heavy atom. The Hall–Kier alpha value is -2.54. The van der Waals surface area contributed by atoms with Gasteiger partial charge in [0.15, 0.2) is 0 Å². The molecule has 2 rings (SSSR count). The van der Waals surface area contributed by atoms with Crippen LogP contribution in [0.3, 0.4) is 0 Å². The summed E-state index contributed by atoms with van der Waals surface area (Å²) in [4.78, 5) is 14.9. The Morgan fingerprint density at radius 1 is 1.42 bits per heavy atom. The highest BCUT2D eigenvalue weighted by Gasteiger charge is 2.11. The summed E-state index contributed by atoms with van der Waals surface area (Å²) >= 11 is 0. The molecule has 1 amide bonds. The number of benzene rings is 1. The van der Waals surface area contributed by atoms with Crippen molar-refractivity contribution in [3.8, 4) is 6.07 Å². The molecule has 1 aromatic carbocycles. The number of nitrogens with zero attached hydrogens (tertiary/aromatic N) is 1. The molecule has 0 bridgehead atoms. The van der Waals surface area contributed by atoms with Gasteiger partial charge in [-0.3, -0.25) is 4.79 Å². The van der Waals surface area contributed by atoms with Gasteiger partial charge in [0.2, 0.25) is 0 Å². The van der Waals surface area contributed by atoms with E-state index in [1.807, 2.05) is 44.2 Å². The first-order valence-corrected chi connectivity index (χ1v) is 6.10. The molecule has 2 aromatic rings. The SMILES string of the molecule is CC(C)NC(=O)/C(C#N)=C\c1c[nH]c2ccccc12. The largest absolute Gasteiger partial charge is 0.361 e. The van der Waals surface area contributed by atoms with Crippen LogP contribution in [0.2, 0.25) is 0 Å². The molecule has 0 aliphatic carbocycles. The van der Waals surface area contributed by atoms with Gasteiger partial charge in [-0.2, -0.15) is 5.26 Å². The van der Waals surface area contributed by atoms with Crippen LogP contribution in [0.25, 0.3) is 17.0 Å². The number of hydrogen-bond acceptors (Lipinski definition) is 2. The molecular formula is C15H15N3O. The molecule has 0 atom stereocenters. The standard InChI is InChI=1S/C15H15N3O/c1-10(2)18-15(19)11(8-16)7-12-9-17-14-6-4-3-5-13(12)14/h3-7,9-10,17H,1-2H3,(H,18,19)/b11-7-. The van der Waals surface area contributed by atoms with Gasteiger partial charge in [0, 0.05) is 28.7 Å². The molecule has 4 heteroatoms. The molecular weight excluding hydrogens is 238 g/mol. The fraction of sp³-hybridized carbons (Fsp3) is 0.200. The predicted octanol–water partition coefficient (Wildman–Crippen LogP) is 2.60. The number of aromatic amines is 1. The van der Waals surface area contributed by atoms with Crippen LogP contribution in [-0.2, 0) is 4.79 Å². The van der Waals surface area contributed by atoms with Gasteiger partial charge in [0.1, 0.15) is 11.6 Å². The molecule has 2 N–H and O–H groups in total. The molecule has 0 saturated heterocycles. The smallest absolute Gasteiger partial charge is 0.262 e. The maximum absolute atomic E-state index is 11.8. The fourth-order valence-electron chi connectivity index (χ4n) is 1.86. The van der Waals surface area contributed by atoms with E-state index in [4.69, 9.17) is 5.26 Å². The average Bonchev–Trinajstić information content (AvgIpc) is 2.78. The van der Waals surface area contributed by atoms with E-state index in [1.165, 1.54) is 0 Å². The van der Waals surface area contributed by atoms with Gasteiger partial charge in [-0.15, -0.1) is 0 Å². The number of H-pyrrole nitrogens is 1. The van der Waals surface area contributed by atoms with Crippen LogP contribution in [0.1, 0.15) is 19.4 Å². The van der Waals surface area contributed by atoms with Crippen molar-refractivity contribution in [3.05, 3.63) is 41.6 Å². The summed E-state index contributed by atoms with van der Waals surface area (Å²) in [6.45, 7) is 3.72. The Kier molecular flexibility index (Phi) is 3.67. The number of fused-ring (bicyclic) bond motifs is 1. The molecule has 96 valence electrons. The van der Waals surface area contributed by atoms with Crippen molar-refractivity contribution in [2.75, 3.05) is 0 Å². The molecule has 0 unspecified atom stereocenters. The van der Waals surface area contributed by atoms with E-state index in [-0.39, 0.29) is 17.5 Å². The molecule has 1 heterocycles. The number of nitriles is 1. The number of aromatic nitrogens is 1. The van der Waals surface area contributed by atoms with Crippen LogP contribution in [0.4, 0.5) is 0 Å². The first kappa shape index (κ1) is 12.9. The van der Waals surface area contributed by atoms with Crippen molar-refractivity contribution in [1.29, 1.82) is 5.26 Å². The molecule has 4 nitrogen and oxygen atoms in total. The highest BCUT2D eigenvalue weighted by atomic mass is 16.1. The molecule has 0 aliphatic rings. The third-order valence-corrected chi connectivity index (χ3v) is 2.71. The number of para-hydroxylation sites is 1. The predicted molar refractivity (Wildman–Crippen MR) is 75.2 cm³/mol. The lowest BCUT2D eigenvalue weighted by molar-refractivity contribution is -0.117. The molecule has 1 aromatic heterocycles. The van der Waals surface area contributed by atoms with Crippen molar-refractivity contribution in [2.45, 2.75) is 19.9 Å². The molecule has 0 fully saturated rings. The lowest BCUT2D eigenvalue weighted by atomic mass is 10.1.